The lowest BCUT2D eigenvalue weighted by Crippen LogP contribution is -2.44. The highest BCUT2D eigenvalue weighted by Gasteiger charge is 2.30. The van der Waals surface area contributed by atoms with Gasteiger partial charge in [-0.2, -0.15) is 0 Å². The Kier molecular flexibility index (Phi) is 5.04. The number of nitrogens with one attached hydrogen (secondary N) is 1. The maximum absolute atomic E-state index is 12.9. The lowest BCUT2D eigenvalue weighted by molar-refractivity contribution is -0.122. The van der Waals surface area contributed by atoms with E-state index in [1.807, 2.05) is 85.8 Å². The average Bonchev–Trinajstić information content (AvgIpc) is 3.08. The van der Waals surface area contributed by atoms with Crippen molar-refractivity contribution in [1.29, 1.82) is 0 Å². The van der Waals surface area contributed by atoms with Crippen LogP contribution in [0.5, 0.6) is 0 Å². The summed E-state index contributed by atoms with van der Waals surface area (Å²) in [5.74, 6) is -0.592. The maximum atomic E-state index is 12.9. The molecular formula is C24H22N2O3. The molecule has 5 heteroatoms. The van der Waals surface area contributed by atoms with E-state index < -0.39 is 11.3 Å². The number of carbonyl (C=O) groups is 1. The summed E-state index contributed by atoms with van der Waals surface area (Å²) in [4.78, 5) is 25.0. The summed E-state index contributed by atoms with van der Waals surface area (Å²) < 4.78 is 6.74. The van der Waals surface area contributed by atoms with Crippen LogP contribution in [-0.4, -0.2) is 10.5 Å². The van der Waals surface area contributed by atoms with E-state index in [2.05, 4.69) is 5.32 Å². The van der Waals surface area contributed by atoms with Crippen molar-refractivity contribution in [3.05, 3.63) is 107 Å². The first kappa shape index (κ1) is 18.7. The summed E-state index contributed by atoms with van der Waals surface area (Å²) in [5.41, 5.74) is 2.52. The minimum Gasteiger partial charge on any atom is -0.408 e. The third-order valence-corrected chi connectivity index (χ3v) is 5.23. The fourth-order valence-corrected chi connectivity index (χ4v) is 3.63. The Morgan fingerprint density at radius 3 is 2.07 bits per heavy atom. The van der Waals surface area contributed by atoms with E-state index in [0.29, 0.717) is 11.1 Å². The van der Waals surface area contributed by atoms with Gasteiger partial charge in [-0.15, -0.1) is 0 Å². The number of rotatable bonds is 6. The molecule has 0 spiro atoms. The number of benzene rings is 3. The first-order valence-corrected chi connectivity index (χ1v) is 9.58. The van der Waals surface area contributed by atoms with Crippen LogP contribution in [0.2, 0.25) is 0 Å². The van der Waals surface area contributed by atoms with Crippen molar-refractivity contribution < 1.29 is 9.21 Å². The van der Waals surface area contributed by atoms with E-state index in [1.165, 1.54) is 4.57 Å². The van der Waals surface area contributed by atoms with Crippen molar-refractivity contribution >= 4 is 17.0 Å². The van der Waals surface area contributed by atoms with Crippen LogP contribution in [0.25, 0.3) is 11.1 Å². The molecule has 4 rings (SSSR count). The molecule has 0 aliphatic carbocycles. The summed E-state index contributed by atoms with van der Waals surface area (Å²) in [6, 6.07) is 27.0. The van der Waals surface area contributed by atoms with Crippen LogP contribution >= 0.6 is 0 Å². The van der Waals surface area contributed by atoms with Gasteiger partial charge in [0, 0.05) is 13.0 Å². The normalized spacial score (nSPS) is 11.5. The van der Waals surface area contributed by atoms with Crippen LogP contribution in [0.15, 0.2) is 94.1 Å². The Balaban J connectivity index is 1.57. The third kappa shape index (κ3) is 3.72. The van der Waals surface area contributed by atoms with E-state index in [1.54, 1.807) is 6.07 Å². The van der Waals surface area contributed by atoms with E-state index in [0.717, 1.165) is 11.1 Å². The molecule has 0 fully saturated rings. The molecule has 1 N–H and O–H groups in total. The molecule has 5 nitrogen and oxygen atoms in total. The molecule has 0 aliphatic rings. The first-order valence-electron chi connectivity index (χ1n) is 9.58. The second-order valence-corrected chi connectivity index (χ2v) is 7.14. The van der Waals surface area contributed by atoms with Crippen molar-refractivity contribution in [3.63, 3.8) is 0 Å². The van der Waals surface area contributed by atoms with Gasteiger partial charge in [0.1, 0.15) is 0 Å². The van der Waals surface area contributed by atoms with Crippen LogP contribution < -0.4 is 11.1 Å². The molecule has 146 valence electrons. The lowest BCUT2D eigenvalue weighted by atomic mass is 9.84. The minimum absolute atomic E-state index is 0.141. The molecule has 29 heavy (non-hydrogen) atoms. The van der Waals surface area contributed by atoms with Gasteiger partial charge < -0.3 is 9.73 Å². The van der Waals surface area contributed by atoms with Crippen LogP contribution in [0.4, 0.5) is 0 Å². The summed E-state index contributed by atoms with van der Waals surface area (Å²) in [7, 11) is 0. The van der Waals surface area contributed by atoms with Gasteiger partial charge in [0.25, 0.3) is 0 Å². The second-order valence-electron chi connectivity index (χ2n) is 7.14. The molecule has 0 bridgehead atoms. The summed E-state index contributed by atoms with van der Waals surface area (Å²) in [6.07, 6.45) is 0.165. The number of aryl methyl sites for hydroxylation is 1. The Bertz CT molecular complexity index is 1140. The molecule has 1 aromatic heterocycles. The van der Waals surface area contributed by atoms with Crippen molar-refractivity contribution in [2.75, 3.05) is 0 Å². The number of hydrogen-bond donors (Lipinski definition) is 1. The molecule has 0 radical (unpaired) electrons. The molecule has 0 aliphatic heterocycles. The monoisotopic (exact) mass is 386 g/mol. The smallest absolute Gasteiger partial charge is 0.408 e. The fourth-order valence-electron chi connectivity index (χ4n) is 3.63. The number of aromatic nitrogens is 1. The summed E-state index contributed by atoms with van der Waals surface area (Å²) in [5, 5.41) is 3.17. The van der Waals surface area contributed by atoms with Crippen molar-refractivity contribution in [1.82, 2.24) is 9.88 Å². The predicted octanol–water partition coefficient (Wildman–Crippen LogP) is 4.06. The molecule has 1 amide bonds. The Morgan fingerprint density at radius 2 is 1.45 bits per heavy atom. The minimum atomic E-state index is -0.678. The quantitative estimate of drug-likeness (QED) is 0.543. The van der Waals surface area contributed by atoms with Gasteiger partial charge >= 0.3 is 5.76 Å². The number of amides is 1. The molecule has 4 aromatic rings. The molecule has 1 heterocycles. The fraction of sp³-hybridized carbons (Fsp3) is 0.167. The van der Waals surface area contributed by atoms with Gasteiger partial charge in [-0.1, -0.05) is 72.8 Å². The van der Waals surface area contributed by atoms with Crippen LogP contribution in [0.3, 0.4) is 0 Å². The number of oxazole rings is 1. The molecule has 0 atom stereocenters. The molecular weight excluding hydrogens is 364 g/mol. The zero-order valence-corrected chi connectivity index (χ0v) is 16.2. The van der Waals surface area contributed by atoms with Crippen LogP contribution in [-0.2, 0) is 16.9 Å². The largest absolute Gasteiger partial charge is 0.419 e. The predicted molar refractivity (Wildman–Crippen MR) is 113 cm³/mol. The van der Waals surface area contributed by atoms with Gasteiger partial charge in [0.05, 0.1) is 11.1 Å². The van der Waals surface area contributed by atoms with E-state index in [9.17, 15) is 9.59 Å². The summed E-state index contributed by atoms with van der Waals surface area (Å²) in [6.45, 7) is 2.25. The van der Waals surface area contributed by atoms with Crippen molar-refractivity contribution in [2.45, 2.75) is 25.4 Å². The van der Waals surface area contributed by atoms with Gasteiger partial charge in [-0.25, -0.2) is 4.79 Å². The average molecular weight is 386 g/mol. The Hall–Kier alpha value is -3.60. The zero-order valence-electron chi connectivity index (χ0n) is 16.2. The molecule has 3 aromatic carbocycles. The highest BCUT2D eigenvalue weighted by Crippen LogP contribution is 2.29. The van der Waals surface area contributed by atoms with Gasteiger partial charge in [0.2, 0.25) is 5.91 Å². The Labute approximate surface area is 168 Å². The van der Waals surface area contributed by atoms with Gasteiger partial charge in [-0.05, 0) is 30.2 Å². The second kappa shape index (κ2) is 7.80. The first-order chi connectivity index (χ1) is 14.1. The maximum Gasteiger partial charge on any atom is 0.419 e. The molecule has 0 saturated carbocycles. The van der Waals surface area contributed by atoms with Gasteiger partial charge in [0.15, 0.2) is 5.58 Å². The SMILES string of the molecule is CC(NC(=O)CCn1c(=O)oc2ccccc21)(c1ccccc1)c1ccccc1. The third-order valence-electron chi connectivity index (χ3n) is 5.23. The highest BCUT2D eigenvalue weighted by atomic mass is 16.4. The number of fused-ring (bicyclic) bond motifs is 1. The standard InChI is InChI=1S/C24H22N2O3/c1-24(18-10-4-2-5-11-18,19-12-6-3-7-13-19)25-22(27)16-17-26-20-14-8-9-15-21(20)29-23(26)28/h2-15H,16-17H2,1H3,(H,25,27). The van der Waals surface area contributed by atoms with Crippen molar-refractivity contribution in [3.8, 4) is 0 Å². The molecule has 0 saturated heterocycles. The number of hydrogen-bond acceptors (Lipinski definition) is 3. The number of nitrogens with zero attached hydrogens (tertiary/aromatic N) is 1. The number of carbonyl (C=O) groups excluding carboxylic acids is 1. The molecule has 0 unspecified atom stereocenters. The van der Waals surface area contributed by atoms with E-state index in [-0.39, 0.29) is 18.9 Å². The summed E-state index contributed by atoms with van der Waals surface area (Å²) >= 11 is 0. The van der Waals surface area contributed by atoms with Gasteiger partial charge in [-0.3, -0.25) is 9.36 Å². The highest BCUT2D eigenvalue weighted by molar-refractivity contribution is 5.78. The Morgan fingerprint density at radius 1 is 0.897 bits per heavy atom. The van der Waals surface area contributed by atoms with Crippen LogP contribution in [0.1, 0.15) is 24.5 Å². The lowest BCUT2D eigenvalue weighted by Gasteiger charge is -2.32. The number of para-hydroxylation sites is 2. The zero-order chi connectivity index (χ0) is 20.3. The van der Waals surface area contributed by atoms with Crippen molar-refractivity contribution in [2.24, 2.45) is 0 Å². The van der Waals surface area contributed by atoms with E-state index >= 15 is 0 Å². The topological polar surface area (TPSA) is 64.2 Å². The van der Waals surface area contributed by atoms with E-state index in [4.69, 9.17) is 4.42 Å². The van der Waals surface area contributed by atoms with Crippen LogP contribution in [0, 0.1) is 0 Å².